The fourth-order valence-corrected chi connectivity index (χ4v) is 1.94. The van der Waals surface area contributed by atoms with Crippen LogP contribution in [0.15, 0.2) is 54.7 Å². The second-order valence-electron chi connectivity index (χ2n) is 4.55. The number of pyridine rings is 1. The molecule has 0 radical (unpaired) electrons. The van der Waals surface area contributed by atoms with E-state index in [4.69, 9.17) is 4.74 Å². The molecule has 1 aromatic heterocycles. The zero-order valence-corrected chi connectivity index (χ0v) is 12.3. The van der Waals surface area contributed by atoms with E-state index in [0.717, 1.165) is 11.3 Å². The quantitative estimate of drug-likeness (QED) is 0.766. The smallest absolute Gasteiger partial charge is 0.178 e. The van der Waals surface area contributed by atoms with Crippen molar-refractivity contribution >= 4 is 11.9 Å². The van der Waals surface area contributed by atoms with E-state index in [-0.39, 0.29) is 5.78 Å². The van der Waals surface area contributed by atoms with Crippen molar-refractivity contribution in [3.05, 3.63) is 66.0 Å². The Balaban J connectivity index is 2.08. The molecule has 0 aliphatic carbocycles. The number of rotatable bonds is 6. The Bertz CT molecular complexity index is 685. The van der Waals surface area contributed by atoms with Crippen LogP contribution >= 0.6 is 0 Å². The maximum absolute atomic E-state index is 12.1. The van der Waals surface area contributed by atoms with Crippen LogP contribution in [0.3, 0.4) is 0 Å². The summed E-state index contributed by atoms with van der Waals surface area (Å²) in [6.07, 6.45) is 4.67. The third-order valence-electron chi connectivity index (χ3n) is 3.03. The first-order valence-corrected chi connectivity index (χ1v) is 7.00. The van der Waals surface area contributed by atoms with Crippen molar-refractivity contribution in [2.24, 2.45) is 0 Å². The van der Waals surface area contributed by atoms with E-state index in [1.54, 1.807) is 30.5 Å². The van der Waals surface area contributed by atoms with Gasteiger partial charge in [-0.25, -0.2) is 0 Å². The van der Waals surface area contributed by atoms with Gasteiger partial charge in [0, 0.05) is 6.20 Å². The number of carbonyl (C=O) groups excluding carboxylic acids is 1. The minimum Gasteiger partial charge on any atom is -0.494 e. The van der Waals surface area contributed by atoms with Gasteiger partial charge in [0.2, 0.25) is 0 Å². The number of allylic oxidation sites excluding steroid dienone is 1. The third-order valence-corrected chi connectivity index (χ3v) is 3.03. The standard InChI is InChI=1S/C18H16N2O2/c1-2-22-15-9-6-14(7-10-15)8-11-18(21)16(13-19)17-5-3-4-12-20-17/h3-12,16H,2H2,1H3/b11-8+. The van der Waals surface area contributed by atoms with Crippen LogP contribution in [0, 0.1) is 11.3 Å². The van der Waals surface area contributed by atoms with Crippen molar-refractivity contribution in [1.29, 1.82) is 5.26 Å². The molecule has 0 aliphatic heterocycles. The summed E-state index contributed by atoms with van der Waals surface area (Å²) in [7, 11) is 0. The number of nitrogens with zero attached hydrogens (tertiary/aromatic N) is 2. The lowest BCUT2D eigenvalue weighted by Gasteiger charge is -2.04. The van der Waals surface area contributed by atoms with Crippen LogP contribution in [-0.2, 0) is 4.79 Å². The van der Waals surface area contributed by atoms with Crippen LogP contribution in [-0.4, -0.2) is 17.4 Å². The summed E-state index contributed by atoms with van der Waals surface area (Å²) in [4.78, 5) is 16.2. The first-order valence-electron chi connectivity index (χ1n) is 7.00. The fraction of sp³-hybridized carbons (Fsp3) is 0.167. The Morgan fingerprint density at radius 2 is 2.09 bits per heavy atom. The second-order valence-corrected chi connectivity index (χ2v) is 4.55. The molecular weight excluding hydrogens is 276 g/mol. The van der Waals surface area contributed by atoms with E-state index < -0.39 is 5.92 Å². The summed E-state index contributed by atoms with van der Waals surface area (Å²) in [6.45, 7) is 2.54. The highest BCUT2D eigenvalue weighted by molar-refractivity contribution is 6.00. The average molecular weight is 292 g/mol. The summed E-state index contributed by atoms with van der Waals surface area (Å²) in [5.74, 6) is -0.371. The highest BCUT2D eigenvalue weighted by Gasteiger charge is 2.18. The first-order chi connectivity index (χ1) is 10.7. The number of ether oxygens (including phenoxy) is 1. The zero-order chi connectivity index (χ0) is 15.8. The van der Waals surface area contributed by atoms with Crippen molar-refractivity contribution in [2.45, 2.75) is 12.8 Å². The Labute approximate surface area is 129 Å². The lowest BCUT2D eigenvalue weighted by atomic mass is 10.00. The predicted octanol–water partition coefficient (Wildman–Crippen LogP) is 3.37. The number of hydrogen-bond donors (Lipinski definition) is 0. The van der Waals surface area contributed by atoms with E-state index in [0.29, 0.717) is 12.3 Å². The van der Waals surface area contributed by atoms with Crippen molar-refractivity contribution in [1.82, 2.24) is 4.98 Å². The Kier molecular flexibility index (Phi) is 5.44. The molecule has 1 unspecified atom stereocenters. The summed E-state index contributed by atoms with van der Waals surface area (Å²) in [5, 5.41) is 9.18. The van der Waals surface area contributed by atoms with Crippen molar-refractivity contribution in [3.63, 3.8) is 0 Å². The molecule has 1 atom stereocenters. The number of aromatic nitrogens is 1. The maximum Gasteiger partial charge on any atom is 0.178 e. The van der Waals surface area contributed by atoms with E-state index in [1.165, 1.54) is 6.08 Å². The number of ketones is 1. The minimum atomic E-state index is -0.875. The minimum absolute atomic E-state index is 0.282. The lowest BCUT2D eigenvalue weighted by molar-refractivity contribution is -0.114. The fourth-order valence-electron chi connectivity index (χ4n) is 1.94. The largest absolute Gasteiger partial charge is 0.494 e. The SMILES string of the molecule is CCOc1ccc(/C=C/C(=O)C(C#N)c2ccccn2)cc1. The number of carbonyl (C=O) groups is 1. The monoisotopic (exact) mass is 292 g/mol. The molecular formula is C18H16N2O2. The molecule has 0 aliphatic rings. The van der Waals surface area contributed by atoms with Gasteiger partial charge in [0.25, 0.3) is 0 Å². The first kappa shape index (κ1) is 15.5. The summed E-state index contributed by atoms with van der Waals surface area (Å²) >= 11 is 0. The highest BCUT2D eigenvalue weighted by atomic mass is 16.5. The van der Waals surface area contributed by atoms with Gasteiger partial charge in [-0.15, -0.1) is 0 Å². The lowest BCUT2D eigenvalue weighted by Crippen LogP contribution is -2.09. The molecule has 22 heavy (non-hydrogen) atoms. The summed E-state index contributed by atoms with van der Waals surface area (Å²) in [6, 6.07) is 14.6. The number of hydrogen-bond acceptors (Lipinski definition) is 4. The van der Waals surface area contributed by atoms with Crippen molar-refractivity contribution in [2.75, 3.05) is 6.61 Å². The van der Waals surface area contributed by atoms with Crippen LogP contribution in [0.1, 0.15) is 24.1 Å². The van der Waals surface area contributed by atoms with E-state index in [2.05, 4.69) is 4.98 Å². The normalized spacial score (nSPS) is 11.8. The molecule has 0 N–H and O–H groups in total. The Morgan fingerprint density at radius 3 is 2.68 bits per heavy atom. The molecule has 110 valence electrons. The number of benzene rings is 1. The summed E-state index contributed by atoms with van der Waals surface area (Å²) < 4.78 is 5.36. The van der Waals surface area contributed by atoms with Gasteiger partial charge >= 0.3 is 0 Å². The van der Waals surface area contributed by atoms with Gasteiger partial charge in [-0.1, -0.05) is 24.3 Å². The molecule has 0 spiro atoms. The topological polar surface area (TPSA) is 63.0 Å². The molecule has 4 nitrogen and oxygen atoms in total. The zero-order valence-electron chi connectivity index (χ0n) is 12.3. The average Bonchev–Trinajstić information content (AvgIpc) is 2.56. The molecule has 1 heterocycles. The molecule has 2 aromatic rings. The van der Waals surface area contributed by atoms with Gasteiger partial charge in [0.15, 0.2) is 11.7 Å². The van der Waals surface area contributed by atoms with Gasteiger partial charge < -0.3 is 4.74 Å². The van der Waals surface area contributed by atoms with E-state index >= 15 is 0 Å². The predicted molar refractivity (Wildman–Crippen MR) is 84.2 cm³/mol. The van der Waals surface area contributed by atoms with Crippen molar-refractivity contribution < 1.29 is 9.53 Å². The molecule has 2 rings (SSSR count). The van der Waals surface area contributed by atoms with Crippen LogP contribution in [0.5, 0.6) is 5.75 Å². The Morgan fingerprint density at radius 1 is 1.32 bits per heavy atom. The van der Waals surface area contributed by atoms with Crippen LogP contribution < -0.4 is 4.74 Å². The van der Waals surface area contributed by atoms with Gasteiger partial charge in [0.05, 0.1) is 18.4 Å². The Hall–Kier alpha value is -2.93. The van der Waals surface area contributed by atoms with Gasteiger partial charge in [-0.3, -0.25) is 9.78 Å². The van der Waals surface area contributed by atoms with E-state index in [1.807, 2.05) is 37.3 Å². The summed E-state index contributed by atoms with van der Waals surface area (Å²) in [5.41, 5.74) is 1.33. The molecule has 0 bridgehead atoms. The van der Waals surface area contributed by atoms with Crippen molar-refractivity contribution in [3.8, 4) is 11.8 Å². The molecule has 0 saturated carbocycles. The van der Waals surface area contributed by atoms with Gasteiger partial charge in [-0.05, 0) is 42.8 Å². The molecule has 1 aromatic carbocycles. The molecule has 4 heteroatoms. The van der Waals surface area contributed by atoms with Crippen LogP contribution in [0.25, 0.3) is 6.08 Å². The van der Waals surface area contributed by atoms with Crippen LogP contribution in [0.4, 0.5) is 0 Å². The van der Waals surface area contributed by atoms with E-state index in [9.17, 15) is 10.1 Å². The maximum atomic E-state index is 12.1. The second kappa shape index (κ2) is 7.75. The molecule has 0 saturated heterocycles. The molecule has 0 amide bonds. The van der Waals surface area contributed by atoms with Gasteiger partial charge in [0.1, 0.15) is 5.75 Å². The highest BCUT2D eigenvalue weighted by Crippen LogP contribution is 2.16. The molecule has 0 fully saturated rings. The number of nitriles is 1. The van der Waals surface area contributed by atoms with Crippen LogP contribution in [0.2, 0.25) is 0 Å². The third kappa shape index (κ3) is 4.03. The van der Waals surface area contributed by atoms with Gasteiger partial charge in [-0.2, -0.15) is 5.26 Å².